The fraction of sp³-hybridized carbons (Fsp3) is 0.615. The topological polar surface area (TPSA) is 46.2 Å². The van der Waals surface area contributed by atoms with Crippen molar-refractivity contribution in [1.82, 2.24) is 10.3 Å². The first-order valence-corrected chi connectivity index (χ1v) is 7.23. The summed E-state index contributed by atoms with van der Waals surface area (Å²) in [5, 5.41) is 6.64. The quantitative estimate of drug-likeness (QED) is 0.819. The highest BCUT2D eigenvalue weighted by molar-refractivity contribution is 9.10. The molecule has 0 bridgehead atoms. The Labute approximate surface area is 117 Å². The highest BCUT2D eigenvalue weighted by atomic mass is 79.9. The van der Waals surface area contributed by atoms with Gasteiger partial charge in [-0.3, -0.25) is 0 Å². The number of pyridine rings is 1. The van der Waals surface area contributed by atoms with Crippen molar-refractivity contribution in [3.05, 3.63) is 22.3 Å². The van der Waals surface area contributed by atoms with E-state index in [0.29, 0.717) is 6.10 Å². The van der Waals surface area contributed by atoms with Crippen LogP contribution in [0.25, 0.3) is 0 Å². The van der Waals surface area contributed by atoms with Crippen LogP contribution in [0.2, 0.25) is 0 Å². The van der Waals surface area contributed by atoms with Crippen molar-refractivity contribution in [2.45, 2.75) is 25.9 Å². The second kappa shape index (κ2) is 7.07. The normalized spacial score (nSPS) is 16.8. The van der Waals surface area contributed by atoms with Gasteiger partial charge in [0.25, 0.3) is 0 Å². The second-order valence-electron chi connectivity index (χ2n) is 4.57. The van der Waals surface area contributed by atoms with Crippen LogP contribution >= 0.6 is 15.9 Å². The highest BCUT2D eigenvalue weighted by Gasteiger charge is 2.12. The van der Waals surface area contributed by atoms with E-state index in [-0.39, 0.29) is 0 Å². The standard InChI is InChI=1S/C13H20BrN3O/c1-10-8-11(14)9-17-13(10)16-6-7-18-12-2-4-15-5-3-12/h8-9,12,15H,2-7H2,1H3,(H,16,17). The molecule has 0 saturated carbocycles. The van der Waals surface area contributed by atoms with E-state index in [0.717, 1.165) is 54.9 Å². The van der Waals surface area contributed by atoms with Crippen LogP contribution in [0.5, 0.6) is 0 Å². The minimum absolute atomic E-state index is 0.423. The summed E-state index contributed by atoms with van der Waals surface area (Å²) in [7, 11) is 0. The minimum Gasteiger partial charge on any atom is -0.376 e. The van der Waals surface area contributed by atoms with Crippen LogP contribution in [-0.4, -0.2) is 37.3 Å². The average molecular weight is 314 g/mol. The van der Waals surface area contributed by atoms with Gasteiger partial charge in [-0.25, -0.2) is 4.98 Å². The smallest absolute Gasteiger partial charge is 0.128 e. The molecule has 100 valence electrons. The maximum atomic E-state index is 5.83. The van der Waals surface area contributed by atoms with Crippen LogP contribution in [0, 0.1) is 6.92 Å². The molecule has 2 heterocycles. The molecule has 0 atom stereocenters. The van der Waals surface area contributed by atoms with Crippen LogP contribution in [0.4, 0.5) is 5.82 Å². The van der Waals surface area contributed by atoms with Crippen molar-refractivity contribution < 1.29 is 4.74 Å². The molecule has 0 spiro atoms. The van der Waals surface area contributed by atoms with E-state index >= 15 is 0 Å². The van der Waals surface area contributed by atoms with Gasteiger partial charge in [-0.15, -0.1) is 0 Å². The molecular formula is C13H20BrN3O. The molecule has 0 aromatic carbocycles. The summed E-state index contributed by atoms with van der Waals surface area (Å²) in [6.45, 7) is 5.74. The van der Waals surface area contributed by atoms with Gasteiger partial charge in [0.1, 0.15) is 5.82 Å². The molecule has 0 amide bonds. The summed E-state index contributed by atoms with van der Waals surface area (Å²) in [6, 6.07) is 2.06. The van der Waals surface area contributed by atoms with Crippen LogP contribution < -0.4 is 10.6 Å². The molecule has 1 saturated heterocycles. The Morgan fingerprint density at radius 3 is 3.00 bits per heavy atom. The lowest BCUT2D eigenvalue weighted by molar-refractivity contribution is 0.0394. The Morgan fingerprint density at radius 1 is 1.50 bits per heavy atom. The van der Waals surface area contributed by atoms with E-state index in [2.05, 4.69) is 37.6 Å². The van der Waals surface area contributed by atoms with Crippen molar-refractivity contribution in [3.63, 3.8) is 0 Å². The lowest BCUT2D eigenvalue weighted by Gasteiger charge is -2.23. The number of aryl methyl sites for hydroxylation is 1. The summed E-state index contributed by atoms with van der Waals surface area (Å²) in [4.78, 5) is 4.34. The number of rotatable bonds is 5. The van der Waals surface area contributed by atoms with Crippen molar-refractivity contribution >= 4 is 21.7 Å². The molecule has 1 aromatic heterocycles. The summed E-state index contributed by atoms with van der Waals surface area (Å²) in [5.41, 5.74) is 1.14. The third-order valence-corrected chi connectivity index (χ3v) is 3.51. The van der Waals surface area contributed by atoms with Gasteiger partial charge in [0.05, 0.1) is 12.7 Å². The number of aromatic nitrogens is 1. The van der Waals surface area contributed by atoms with Crippen LogP contribution in [0.3, 0.4) is 0 Å². The third-order valence-electron chi connectivity index (χ3n) is 3.08. The number of halogens is 1. The van der Waals surface area contributed by atoms with Crippen LogP contribution in [0.15, 0.2) is 16.7 Å². The van der Waals surface area contributed by atoms with E-state index in [4.69, 9.17) is 4.74 Å². The maximum Gasteiger partial charge on any atom is 0.128 e. The van der Waals surface area contributed by atoms with Crippen LogP contribution in [0.1, 0.15) is 18.4 Å². The molecule has 0 radical (unpaired) electrons. The molecule has 2 N–H and O–H groups in total. The van der Waals surface area contributed by atoms with E-state index in [9.17, 15) is 0 Å². The maximum absolute atomic E-state index is 5.83. The monoisotopic (exact) mass is 313 g/mol. The summed E-state index contributed by atoms with van der Waals surface area (Å²) in [5.74, 6) is 0.937. The van der Waals surface area contributed by atoms with Gasteiger partial charge >= 0.3 is 0 Å². The number of nitrogens with zero attached hydrogens (tertiary/aromatic N) is 1. The van der Waals surface area contributed by atoms with Gasteiger partial charge in [0, 0.05) is 17.2 Å². The zero-order valence-electron chi connectivity index (χ0n) is 10.7. The van der Waals surface area contributed by atoms with E-state index < -0.39 is 0 Å². The zero-order chi connectivity index (χ0) is 12.8. The molecular weight excluding hydrogens is 294 g/mol. The number of nitrogens with one attached hydrogen (secondary N) is 2. The summed E-state index contributed by atoms with van der Waals surface area (Å²) < 4.78 is 6.84. The fourth-order valence-electron chi connectivity index (χ4n) is 2.08. The van der Waals surface area contributed by atoms with Gasteiger partial charge in [0.2, 0.25) is 0 Å². The fourth-order valence-corrected chi connectivity index (χ4v) is 2.53. The molecule has 1 aliphatic rings. The van der Waals surface area contributed by atoms with Crippen molar-refractivity contribution in [2.24, 2.45) is 0 Å². The average Bonchev–Trinajstić information content (AvgIpc) is 2.38. The lowest BCUT2D eigenvalue weighted by Crippen LogP contribution is -2.33. The number of piperidine rings is 1. The van der Waals surface area contributed by atoms with Crippen LogP contribution in [-0.2, 0) is 4.74 Å². The predicted octanol–water partition coefficient (Wildman–Crippen LogP) is 2.33. The number of hydrogen-bond acceptors (Lipinski definition) is 4. The first-order valence-electron chi connectivity index (χ1n) is 6.44. The van der Waals surface area contributed by atoms with Crippen molar-refractivity contribution in [1.29, 1.82) is 0 Å². The molecule has 18 heavy (non-hydrogen) atoms. The summed E-state index contributed by atoms with van der Waals surface area (Å²) in [6.07, 6.45) is 4.47. The number of anilines is 1. The van der Waals surface area contributed by atoms with E-state index in [1.807, 2.05) is 13.1 Å². The Hall–Kier alpha value is -0.650. The molecule has 4 nitrogen and oxygen atoms in total. The predicted molar refractivity (Wildman–Crippen MR) is 77.0 cm³/mol. The number of ether oxygens (including phenoxy) is 1. The van der Waals surface area contributed by atoms with Gasteiger partial charge in [0.15, 0.2) is 0 Å². The van der Waals surface area contributed by atoms with Gasteiger partial charge in [-0.2, -0.15) is 0 Å². The number of hydrogen-bond donors (Lipinski definition) is 2. The lowest BCUT2D eigenvalue weighted by atomic mass is 10.1. The third kappa shape index (κ3) is 4.23. The van der Waals surface area contributed by atoms with Crippen molar-refractivity contribution in [3.8, 4) is 0 Å². The first kappa shape index (κ1) is 13.8. The molecule has 1 aromatic rings. The SMILES string of the molecule is Cc1cc(Br)cnc1NCCOC1CCNCC1. The minimum atomic E-state index is 0.423. The molecule has 2 rings (SSSR count). The highest BCUT2D eigenvalue weighted by Crippen LogP contribution is 2.16. The van der Waals surface area contributed by atoms with Crippen molar-refractivity contribution in [2.75, 3.05) is 31.6 Å². The Bertz CT molecular complexity index is 380. The molecule has 1 aliphatic heterocycles. The van der Waals surface area contributed by atoms with Gasteiger partial charge in [-0.1, -0.05) is 0 Å². The van der Waals surface area contributed by atoms with E-state index in [1.165, 1.54) is 0 Å². The zero-order valence-corrected chi connectivity index (χ0v) is 12.3. The Balaban J connectivity index is 1.68. The van der Waals surface area contributed by atoms with Gasteiger partial charge in [-0.05, 0) is 60.4 Å². The molecule has 0 unspecified atom stereocenters. The molecule has 5 heteroatoms. The largest absolute Gasteiger partial charge is 0.376 e. The van der Waals surface area contributed by atoms with Gasteiger partial charge < -0.3 is 15.4 Å². The Morgan fingerprint density at radius 2 is 2.28 bits per heavy atom. The Kier molecular flexibility index (Phi) is 5.41. The first-order chi connectivity index (χ1) is 8.75. The second-order valence-corrected chi connectivity index (χ2v) is 5.48. The molecule has 0 aliphatic carbocycles. The molecule has 1 fully saturated rings. The van der Waals surface area contributed by atoms with E-state index in [1.54, 1.807) is 0 Å². The summed E-state index contributed by atoms with van der Waals surface area (Å²) >= 11 is 3.41.